The molecule has 7 heteroatoms. The van der Waals surface area contributed by atoms with Gasteiger partial charge in [-0.2, -0.15) is 0 Å². The van der Waals surface area contributed by atoms with Crippen molar-refractivity contribution in [3.63, 3.8) is 0 Å². The fraction of sp³-hybridized carbons (Fsp3) is 0.467. The van der Waals surface area contributed by atoms with E-state index in [9.17, 15) is 9.59 Å². The number of carbonyl (C=O) groups excluding carboxylic acids is 2. The largest absolute Gasteiger partial charge is 0.467 e. The van der Waals surface area contributed by atoms with Crippen LogP contribution in [0.5, 0.6) is 0 Å². The first-order chi connectivity index (χ1) is 10.4. The Morgan fingerprint density at radius 3 is 2.77 bits per heavy atom. The van der Waals surface area contributed by atoms with E-state index in [-0.39, 0.29) is 11.8 Å². The maximum atomic E-state index is 12.3. The predicted octanol–water partition coefficient (Wildman–Crippen LogP) is 1.85. The van der Waals surface area contributed by atoms with Crippen molar-refractivity contribution in [2.75, 3.05) is 7.11 Å². The summed E-state index contributed by atoms with van der Waals surface area (Å²) in [5.41, 5.74) is 1.38. The van der Waals surface area contributed by atoms with Gasteiger partial charge in [0.1, 0.15) is 6.04 Å². The number of methoxy groups -OCH3 is 1. The van der Waals surface area contributed by atoms with Crippen molar-refractivity contribution in [1.82, 2.24) is 15.5 Å². The summed E-state index contributed by atoms with van der Waals surface area (Å²) in [6, 6.07) is 0.962. The molecule has 7 nitrogen and oxygen atoms in total. The molecule has 0 aromatic carbocycles. The number of aromatic nitrogens is 2. The molecule has 0 bridgehead atoms. The van der Waals surface area contributed by atoms with Crippen molar-refractivity contribution in [3.05, 3.63) is 23.5 Å². The van der Waals surface area contributed by atoms with E-state index in [1.165, 1.54) is 13.3 Å². The van der Waals surface area contributed by atoms with E-state index in [2.05, 4.69) is 15.5 Å². The van der Waals surface area contributed by atoms with Gasteiger partial charge in [-0.05, 0) is 25.3 Å². The number of nitrogens with zero attached hydrogens (tertiary/aromatic N) is 2. The van der Waals surface area contributed by atoms with Crippen LogP contribution in [0.15, 0.2) is 16.8 Å². The van der Waals surface area contributed by atoms with Crippen LogP contribution in [0.3, 0.4) is 0 Å². The van der Waals surface area contributed by atoms with E-state index in [4.69, 9.17) is 9.26 Å². The Morgan fingerprint density at radius 2 is 2.14 bits per heavy atom. The Balaban J connectivity index is 2.20. The van der Waals surface area contributed by atoms with Gasteiger partial charge in [0.05, 0.1) is 23.8 Å². The van der Waals surface area contributed by atoms with Gasteiger partial charge in [0.25, 0.3) is 11.6 Å². The average molecular weight is 305 g/mol. The number of ether oxygens (including phenoxy) is 1. The molecule has 0 aliphatic heterocycles. The Hall–Kier alpha value is -2.44. The van der Waals surface area contributed by atoms with E-state index < -0.39 is 12.0 Å². The van der Waals surface area contributed by atoms with Crippen molar-refractivity contribution >= 4 is 23.0 Å². The summed E-state index contributed by atoms with van der Waals surface area (Å²) in [6.45, 7) is 5.71. The normalized spacial score (nSPS) is 12.4. The SMILES string of the molecule is COC(=O)[C@@H](CC(C)C)NC(=O)c1cnc2onc(C)c2c1. The summed E-state index contributed by atoms with van der Waals surface area (Å²) in [6.07, 6.45) is 1.90. The Bertz CT molecular complexity index is 693. The Labute approximate surface area is 128 Å². The third-order valence-corrected chi connectivity index (χ3v) is 3.27. The van der Waals surface area contributed by atoms with Gasteiger partial charge in [0.2, 0.25) is 0 Å². The van der Waals surface area contributed by atoms with Crippen molar-refractivity contribution in [2.24, 2.45) is 5.92 Å². The third-order valence-electron chi connectivity index (χ3n) is 3.27. The minimum atomic E-state index is -0.684. The molecule has 0 spiro atoms. The number of amides is 1. The lowest BCUT2D eigenvalue weighted by Crippen LogP contribution is -2.42. The minimum absolute atomic E-state index is 0.241. The number of aryl methyl sites for hydroxylation is 1. The molecule has 0 radical (unpaired) electrons. The topological polar surface area (TPSA) is 94.3 Å². The zero-order valence-electron chi connectivity index (χ0n) is 13.0. The third kappa shape index (κ3) is 3.41. The maximum Gasteiger partial charge on any atom is 0.328 e. The monoisotopic (exact) mass is 305 g/mol. The lowest BCUT2D eigenvalue weighted by atomic mass is 10.0. The molecule has 2 aromatic heterocycles. The summed E-state index contributed by atoms with van der Waals surface area (Å²) in [5, 5.41) is 7.15. The summed E-state index contributed by atoms with van der Waals surface area (Å²) >= 11 is 0. The van der Waals surface area contributed by atoms with Crippen LogP contribution in [0.4, 0.5) is 0 Å². The average Bonchev–Trinajstić information content (AvgIpc) is 2.86. The van der Waals surface area contributed by atoms with Crippen LogP contribution in [-0.4, -0.2) is 35.2 Å². The van der Waals surface area contributed by atoms with Crippen LogP contribution in [0.2, 0.25) is 0 Å². The molecular weight excluding hydrogens is 286 g/mol. The smallest absolute Gasteiger partial charge is 0.328 e. The van der Waals surface area contributed by atoms with E-state index in [0.29, 0.717) is 28.8 Å². The summed E-state index contributed by atoms with van der Waals surface area (Å²) < 4.78 is 9.74. The van der Waals surface area contributed by atoms with Gasteiger partial charge in [-0.15, -0.1) is 0 Å². The number of pyridine rings is 1. The minimum Gasteiger partial charge on any atom is -0.467 e. The maximum absolute atomic E-state index is 12.3. The quantitative estimate of drug-likeness (QED) is 0.847. The number of hydrogen-bond donors (Lipinski definition) is 1. The predicted molar refractivity (Wildman–Crippen MR) is 79.3 cm³/mol. The van der Waals surface area contributed by atoms with E-state index in [1.54, 1.807) is 13.0 Å². The van der Waals surface area contributed by atoms with Crippen molar-refractivity contribution in [3.8, 4) is 0 Å². The first-order valence-corrected chi connectivity index (χ1v) is 7.03. The number of nitrogens with one attached hydrogen (secondary N) is 1. The number of hydrogen-bond acceptors (Lipinski definition) is 6. The number of rotatable bonds is 5. The fourth-order valence-electron chi connectivity index (χ4n) is 2.14. The highest BCUT2D eigenvalue weighted by molar-refractivity contribution is 5.98. The second-order valence-electron chi connectivity index (χ2n) is 5.52. The van der Waals surface area contributed by atoms with Crippen LogP contribution in [0.1, 0.15) is 36.3 Å². The first kappa shape index (κ1) is 15.9. The number of esters is 1. The molecule has 0 fully saturated rings. The molecule has 2 aromatic rings. The van der Waals surface area contributed by atoms with Gasteiger partial charge >= 0.3 is 5.97 Å². The summed E-state index contributed by atoms with van der Waals surface area (Å²) in [5.74, 6) is -0.603. The lowest BCUT2D eigenvalue weighted by Gasteiger charge is -2.18. The highest BCUT2D eigenvalue weighted by atomic mass is 16.5. The molecule has 0 aliphatic carbocycles. The fourth-order valence-corrected chi connectivity index (χ4v) is 2.14. The highest BCUT2D eigenvalue weighted by Gasteiger charge is 2.23. The summed E-state index contributed by atoms with van der Waals surface area (Å²) in [7, 11) is 1.30. The molecule has 0 saturated heterocycles. The standard InChI is InChI=1S/C15H19N3O4/c1-8(2)5-12(15(20)21-4)17-13(19)10-6-11-9(3)18-22-14(11)16-7-10/h6-8,12H,5H2,1-4H3,(H,17,19)/t12-/m1/s1. The van der Waals surface area contributed by atoms with Gasteiger partial charge in [-0.25, -0.2) is 9.78 Å². The zero-order chi connectivity index (χ0) is 16.3. The van der Waals surface area contributed by atoms with Gasteiger partial charge in [-0.1, -0.05) is 19.0 Å². The van der Waals surface area contributed by atoms with Crippen molar-refractivity contribution < 1.29 is 18.8 Å². The van der Waals surface area contributed by atoms with E-state index in [1.807, 2.05) is 13.8 Å². The van der Waals surface area contributed by atoms with Crippen LogP contribution >= 0.6 is 0 Å². The molecule has 0 unspecified atom stereocenters. The molecule has 1 atom stereocenters. The Kier molecular flexibility index (Phi) is 4.75. The van der Waals surface area contributed by atoms with Crippen molar-refractivity contribution in [1.29, 1.82) is 0 Å². The second-order valence-corrected chi connectivity index (χ2v) is 5.52. The number of fused-ring (bicyclic) bond motifs is 1. The van der Waals surface area contributed by atoms with Gasteiger partial charge in [-0.3, -0.25) is 4.79 Å². The molecule has 2 heterocycles. The van der Waals surface area contributed by atoms with E-state index >= 15 is 0 Å². The zero-order valence-corrected chi connectivity index (χ0v) is 13.0. The molecule has 2 rings (SSSR count). The Morgan fingerprint density at radius 1 is 1.41 bits per heavy atom. The van der Waals surface area contributed by atoms with Crippen LogP contribution in [0.25, 0.3) is 11.1 Å². The molecule has 118 valence electrons. The van der Waals surface area contributed by atoms with Crippen LogP contribution in [-0.2, 0) is 9.53 Å². The van der Waals surface area contributed by atoms with Crippen molar-refractivity contribution in [2.45, 2.75) is 33.2 Å². The molecule has 0 saturated carbocycles. The molecule has 1 N–H and O–H groups in total. The second kappa shape index (κ2) is 6.55. The van der Waals surface area contributed by atoms with Crippen LogP contribution < -0.4 is 5.32 Å². The molecule has 0 aliphatic rings. The summed E-state index contributed by atoms with van der Waals surface area (Å²) in [4.78, 5) is 28.1. The van der Waals surface area contributed by atoms with Gasteiger partial charge in [0, 0.05) is 6.20 Å². The molecule has 1 amide bonds. The molecule has 22 heavy (non-hydrogen) atoms. The van der Waals surface area contributed by atoms with E-state index in [0.717, 1.165) is 0 Å². The van der Waals surface area contributed by atoms with Gasteiger partial charge < -0.3 is 14.6 Å². The van der Waals surface area contributed by atoms with Gasteiger partial charge in [0.15, 0.2) is 0 Å². The first-order valence-electron chi connectivity index (χ1n) is 7.03. The molecular formula is C15H19N3O4. The number of carbonyl (C=O) groups is 2. The van der Waals surface area contributed by atoms with Crippen LogP contribution in [0, 0.1) is 12.8 Å². The lowest BCUT2D eigenvalue weighted by molar-refractivity contribution is -0.143. The highest BCUT2D eigenvalue weighted by Crippen LogP contribution is 2.17.